The molecule has 0 saturated carbocycles. The van der Waals surface area contributed by atoms with Crippen molar-refractivity contribution in [3.63, 3.8) is 0 Å². The van der Waals surface area contributed by atoms with Crippen LogP contribution in [0.1, 0.15) is 393 Å². The van der Waals surface area contributed by atoms with Crippen LogP contribution < -0.4 is 0 Å². The molecule has 0 heterocycles. The van der Waals surface area contributed by atoms with Crippen LogP contribution in [0.2, 0.25) is 0 Å². The maximum absolute atomic E-state index is 13.0. The summed E-state index contributed by atoms with van der Waals surface area (Å²) >= 11 is 0. The Bertz CT molecular complexity index is 1470. The predicted molar refractivity (Wildman–Crippen MR) is 362 cm³/mol. The molecule has 1 atom stereocenters. The molecule has 0 aliphatic heterocycles. The van der Waals surface area contributed by atoms with Crippen molar-refractivity contribution in [2.45, 2.75) is 399 Å². The van der Waals surface area contributed by atoms with E-state index in [0.717, 1.165) is 83.5 Å². The van der Waals surface area contributed by atoms with E-state index < -0.39 is 6.10 Å². The lowest BCUT2D eigenvalue weighted by Crippen LogP contribution is -2.30. The lowest BCUT2D eigenvalue weighted by Gasteiger charge is -2.18. The summed E-state index contributed by atoms with van der Waals surface area (Å²) in [5.41, 5.74) is 0. The average molecular weight is 1160 g/mol. The van der Waals surface area contributed by atoms with Gasteiger partial charge in [-0.3, -0.25) is 14.4 Å². The summed E-state index contributed by atoms with van der Waals surface area (Å²) in [6.07, 6.45) is 92.4. The molecule has 0 bridgehead atoms. The second-order valence-corrected chi connectivity index (χ2v) is 24.9. The Morgan fingerprint density at radius 3 is 0.675 bits per heavy atom. The zero-order valence-electron chi connectivity index (χ0n) is 55.7. The fourth-order valence-corrected chi connectivity index (χ4v) is 11.0. The van der Waals surface area contributed by atoms with Gasteiger partial charge in [-0.1, -0.05) is 345 Å². The van der Waals surface area contributed by atoms with Gasteiger partial charge in [0.05, 0.1) is 0 Å². The van der Waals surface area contributed by atoms with Crippen LogP contribution in [0, 0.1) is 0 Å². The SMILES string of the molecule is CCCCCCC/C=C\C/C=C\C/C=C\CCCCCCCCC(=O)OC(COC(=O)CCCCCCCCCCCCCCC/C=C\C/C=C\CCCCCCC)COC(=O)CCCCCCCCCCCCCCCCCCCCC. The first kappa shape index (κ1) is 80.1. The molecule has 0 N–H and O–H groups in total. The van der Waals surface area contributed by atoms with Crippen LogP contribution in [0.15, 0.2) is 60.8 Å². The fourth-order valence-electron chi connectivity index (χ4n) is 11.0. The van der Waals surface area contributed by atoms with E-state index in [4.69, 9.17) is 14.2 Å². The topological polar surface area (TPSA) is 78.9 Å². The summed E-state index contributed by atoms with van der Waals surface area (Å²) in [5, 5.41) is 0. The van der Waals surface area contributed by atoms with Crippen molar-refractivity contribution in [2.75, 3.05) is 13.2 Å². The van der Waals surface area contributed by atoms with Crippen molar-refractivity contribution >= 4 is 17.9 Å². The van der Waals surface area contributed by atoms with Crippen molar-refractivity contribution in [1.29, 1.82) is 0 Å². The molecule has 6 nitrogen and oxygen atoms in total. The first-order valence-electron chi connectivity index (χ1n) is 36.8. The van der Waals surface area contributed by atoms with Gasteiger partial charge in [-0.15, -0.1) is 0 Å². The lowest BCUT2D eigenvalue weighted by molar-refractivity contribution is -0.167. The van der Waals surface area contributed by atoms with Gasteiger partial charge in [0.15, 0.2) is 6.10 Å². The smallest absolute Gasteiger partial charge is 0.306 e. The second kappa shape index (κ2) is 71.6. The standard InChI is InChI=1S/C77H140O6/c1-4-7-10-13-16-19-22-25-28-31-34-36-37-38-39-41-43-46-49-52-55-58-61-64-67-70-76(79)82-73-74(72-81-75(78)69-66-63-60-57-54-51-48-45-42-33-30-27-24-21-18-15-12-9-6-3)83-77(80)71-68-65-62-59-56-53-50-47-44-40-35-32-29-26-23-20-17-14-11-8-5-2/h22-23,25-26,31-32,34-35,44,47,74H,4-21,24,27-30,33,36-43,45-46,48-73H2,1-3H3/b25-22-,26-23-,34-31-,35-32-,47-44-. The van der Waals surface area contributed by atoms with Crippen LogP contribution >= 0.6 is 0 Å². The van der Waals surface area contributed by atoms with Crippen LogP contribution in [-0.4, -0.2) is 37.2 Å². The molecule has 0 fully saturated rings. The number of esters is 3. The Morgan fingerprint density at radius 2 is 0.434 bits per heavy atom. The van der Waals surface area contributed by atoms with Crippen LogP contribution in [0.5, 0.6) is 0 Å². The quantitative estimate of drug-likeness (QED) is 0.0261. The van der Waals surface area contributed by atoms with Crippen molar-refractivity contribution in [1.82, 2.24) is 0 Å². The number of unbranched alkanes of at least 4 members (excludes halogenated alkanes) is 47. The van der Waals surface area contributed by atoms with Gasteiger partial charge < -0.3 is 14.2 Å². The van der Waals surface area contributed by atoms with Crippen LogP contribution in [0.4, 0.5) is 0 Å². The predicted octanol–water partition coefficient (Wildman–Crippen LogP) is 25.5. The summed E-state index contributed by atoms with van der Waals surface area (Å²) < 4.78 is 17.0. The molecule has 0 aliphatic carbocycles. The molecule has 0 amide bonds. The third-order valence-corrected chi connectivity index (χ3v) is 16.5. The molecule has 0 spiro atoms. The monoisotopic (exact) mass is 1160 g/mol. The maximum atomic E-state index is 13.0. The molecule has 0 aliphatic rings. The van der Waals surface area contributed by atoms with Crippen LogP contribution in [0.25, 0.3) is 0 Å². The van der Waals surface area contributed by atoms with Crippen LogP contribution in [0.3, 0.4) is 0 Å². The number of hydrogen-bond donors (Lipinski definition) is 0. The van der Waals surface area contributed by atoms with Gasteiger partial charge in [-0.25, -0.2) is 0 Å². The molecule has 0 aromatic rings. The Morgan fingerprint density at radius 1 is 0.241 bits per heavy atom. The molecule has 0 rings (SSSR count). The Hall–Kier alpha value is -2.89. The lowest BCUT2D eigenvalue weighted by atomic mass is 10.0. The van der Waals surface area contributed by atoms with Crippen molar-refractivity contribution in [3.8, 4) is 0 Å². The van der Waals surface area contributed by atoms with Gasteiger partial charge in [0.2, 0.25) is 0 Å². The largest absolute Gasteiger partial charge is 0.462 e. The number of rotatable bonds is 68. The fraction of sp³-hybridized carbons (Fsp3) is 0.831. The van der Waals surface area contributed by atoms with Crippen LogP contribution in [-0.2, 0) is 28.6 Å². The average Bonchev–Trinajstić information content (AvgIpc) is 3.50. The Balaban J connectivity index is 4.34. The van der Waals surface area contributed by atoms with Gasteiger partial charge in [-0.2, -0.15) is 0 Å². The third-order valence-electron chi connectivity index (χ3n) is 16.5. The zero-order valence-corrected chi connectivity index (χ0v) is 55.7. The maximum Gasteiger partial charge on any atom is 0.306 e. The molecular weight excluding hydrogens is 1020 g/mol. The molecule has 83 heavy (non-hydrogen) atoms. The van der Waals surface area contributed by atoms with Gasteiger partial charge >= 0.3 is 17.9 Å². The van der Waals surface area contributed by atoms with E-state index in [2.05, 4.69) is 81.5 Å². The number of hydrogen-bond acceptors (Lipinski definition) is 6. The highest BCUT2D eigenvalue weighted by Gasteiger charge is 2.19. The van der Waals surface area contributed by atoms with Crippen molar-refractivity contribution < 1.29 is 28.6 Å². The minimum Gasteiger partial charge on any atom is -0.462 e. The molecule has 0 aromatic heterocycles. The van der Waals surface area contributed by atoms with Crippen molar-refractivity contribution in [3.05, 3.63) is 60.8 Å². The van der Waals surface area contributed by atoms with Gasteiger partial charge in [0, 0.05) is 19.3 Å². The molecule has 6 heteroatoms. The number of carbonyl (C=O) groups excluding carboxylic acids is 3. The molecule has 484 valence electrons. The third kappa shape index (κ3) is 69.8. The molecule has 1 unspecified atom stereocenters. The highest BCUT2D eigenvalue weighted by atomic mass is 16.6. The molecule has 0 aromatic carbocycles. The Kier molecular flexibility index (Phi) is 69.1. The van der Waals surface area contributed by atoms with Gasteiger partial charge in [0.1, 0.15) is 13.2 Å². The number of allylic oxidation sites excluding steroid dienone is 10. The summed E-state index contributed by atoms with van der Waals surface area (Å²) in [6.45, 7) is 6.68. The Labute approximate surface area is 517 Å². The molecular formula is C77H140O6. The number of carbonyl (C=O) groups is 3. The molecule has 0 saturated heterocycles. The van der Waals surface area contributed by atoms with E-state index in [1.54, 1.807) is 0 Å². The first-order chi connectivity index (χ1) is 41.0. The zero-order chi connectivity index (χ0) is 59.9. The number of ether oxygens (including phenoxy) is 3. The first-order valence-corrected chi connectivity index (χ1v) is 36.8. The highest BCUT2D eigenvalue weighted by Crippen LogP contribution is 2.18. The van der Waals surface area contributed by atoms with E-state index in [-0.39, 0.29) is 31.1 Å². The minimum atomic E-state index is -0.782. The van der Waals surface area contributed by atoms with E-state index in [9.17, 15) is 14.4 Å². The summed E-state index contributed by atoms with van der Waals surface area (Å²) in [6, 6.07) is 0. The summed E-state index contributed by atoms with van der Waals surface area (Å²) in [5.74, 6) is -0.861. The van der Waals surface area contributed by atoms with E-state index in [1.165, 1.54) is 270 Å². The van der Waals surface area contributed by atoms with Crippen molar-refractivity contribution in [2.24, 2.45) is 0 Å². The van der Waals surface area contributed by atoms with E-state index in [0.29, 0.717) is 19.3 Å². The van der Waals surface area contributed by atoms with Gasteiger partial charge in [0.25, 0.3) is 0 Å². The highest BCUT2D eigenvalue weighted by molar-refractivity contribution is 5.71. The molecule has 0 radical (unpaired) electrons. The van der Waals surface area contributed by atoms with E-state index in [1.807, 2.05) is 0 Å². The normalized spacial score (nSPS) is 12.4. The van der Waals surface area contributed by atoms with Gasteiger partial charge in [-0.05, 0) is 89.9 Å². The van der Waals surface area contributed by atoms with E-state index >= 15 is 0 Å². The minimum absolute atomic E-state index is 0.0754. The summed E-state index contributed by atoms with van der Waals surface area (Å²) in [4.78, 5) is 38.5. The second-order valence-electron chi connectivity index (χ2n) is 24.9. The summed E-state index contributed by atoms with van der Waals surface area (Å²) in [7, 11) is 0.